The van der Waals surface area contributed by atoms with Gasteiger partial charge < -0.3 is 20.7 Å². The maximum absolute atomic E-state index is 12.5. The Morgan fingerprint density at radius 1 is 1.32 bits per heavy atom. The van der Waals surface area contributed by atoms with Gasteiger partial charge in [0.2, 0.25) is 11.8 Å². The van der Waals surface area contributed by atoms with E-state index >= 15 is 0 Å². The van der Waals surface area contributed by atoms with Crippen molar-refractivity contribution in [1.29, 1.82) is 0 Å². The Hall–Kier alpha value is -2.08. The Kier molecular flexibility index (Phi) is 7.73. The summed E-state index contributed by atoms with van der Waals surface area (Å²) in [6.45, 7) is 3.97. The summed E-state index contributed by atoms with van der Waals surface area (Å²) >= 11 is 0. The monoisotopic (exact) mass is 347 g/mol. The number of hydrogen-bond acceptors (Lipinski definition) is 4. The van der Waals surface area contributed by atoms with Crippen LogP contribution in [0.2, 0.25) is 0 Å². The first-order valence-electron chi connectivity index (χ1n) is 9.06. The quantitative estimate of drug-likeness (QED) is 0.748. The zero-order valence-corrected chi connectivity index (χ0v) is 15.0. The van der Waals surface area contributed by atoms with Crippen molar-refractivity contribution in [2.24, 2.45) is 5.73 Å². The van der Waals surface area contributed by atoms with E-state index in [1.165, 1.54) is 0 Å². The normalized spacial score (nSPS) is 17.2. The summed E-state index contributed by atoms with van der Waals surface area (Å²) in [4.78, 5) is 26.0. The van der Waals surface area contributed by atoms with Gasteiger partial charge >= 0.3 is 0 Å². The molecule has 25 heavy (non-hydrogen) atoms. The van der Waals surface area contributed by atoms with Gasteiger partial charge in [-0.3, -0.25) is 9.59 Å². The number of carbonyl (C=O) groups excluding carboxylic acids is 2. The lowest BCUT2D eigenvalue weighted by molar-refractivity contribution is -0.136. The molecule has 1 aliphatic rings. The van der Waals surface area contributed by atoms with Crippen LogP contribution in [0.4, 0.5) is 0 Å². The van der Waals surface area contributed by atoms with Crippen molar-refractivity contribution < 1.29 is 14.3 Å². The van der Waals surface area contributed by atoms with E-state index in [1.807, 2.05) is 36.1 Å². The summed E-state index contributed by atoms with van der Waals surface area (Å²) in [7, 11) is 0. The van der Waals surface area contributed by atoms with Gasteiger partial charge in [-0.1, -0.05) is 12.1 Å². The van der Waals surface area contributed by atoms with Crippen molar-refractivity contribution in [2.75, 3.05) is 26.2 Å². The predicted octanol–water partition coefficient (Wildman–Crippen LogP) is 1.61. The molecular weight excluding hydrogens is 318 g/mol. The van der Waals surface area contributed by atoms with E-state index in [9.17, 15) is 9.59 Å². The molecule has 138 valence electrons. The van der Waals surface area contributed by atoms with E-state index in [0.717, 1.165) is 37.1 Å². The lowest BCUT2D eigenvalue weighted by atomic mass is 10.0. The minimum Gasteiger partial charge on any atom is -0.493 e. The van der Waals surface area contributed by atoms with Crippen molar-refractivity contribution in [3.05, 3.63) is 29.8 Å². The molecule has 1 fully saturated rings. The molecule has 6 heteroatoms. The second-order valence-electron chi connectivity index (χ2n) is 6.49. The van der Waals surface area contributed by atoms with E-state index in [2.05, 4.69) is 5.32 Å². The molecule has 1 unspecified atom stereocenters. The highest BCUT2D eigenvalue weighted by molar-refractivity contribution is 5.78. The van der Waals surface area contributed by atoms with Crippen LogP contribution in [0, 0.1) is 6.92 Å². The molecule has 1 atom stereocenters. The lowest BCUT2D eigenvalue weighted by Crippen LogP contribution is -2.49. The maximum atomic E-state index is 12.5. The molecule has 1 aliphatic heterocycles. The third-order valence-corrected chi connectivity index (χ3v) is 4.43. The van der Waals surface area contributed by atoms with E-state index in [4.69, 9.17) is 10.5 Å². The predicted molar refractivity (Wildman–Crippen MR) is 97.3 cm³/mol. The summed E-state index contributed by atoms with van der Waals surface area (Å²) < 4.78 is 5.68. The summed E-state index contributed by atoms with van der Waals surface area (Å²) in [5, 5.41) is 2.88. The molecule has 0 radical (unpaired) electrons. The molecule has 2 amide bonds. The molecule has 1 saturated heterocycles. The van der Waals surface area contributed by atoms with Crippen LogP contribution in [-0.4, -0.2) is 49.0 Å². The highest BCUT2D eigenvalue weighted by Crippen LogP contribution is 2.18. The van der Waals surface area contributed by atoms with E-state index < -0.39 is 0 Å². The highest BCUT2D eigenvalue weighted by atomic mass is 16.5. The smallest absolute Gasteiger partial charge is 0.226 e. The molecule has 2 rings (SSSR count). The summed E-state index contributed by atoms with van der Waals surface area (Å²) in [5.74, 6) is 0.825. The van der Waals surface area contributed by atoms with Crippen LogP contribution in [-0.2, 0) is 9.59 Å². The van der Waals surface area contributed by atoms with Crippen LogP contribution in [0.1, 0.15) is 37.7 Å². The van der Waals surface area contributed by atoms with Crippen LogP contribution in [0.5, 0.6) is 5.75 Å². The van der Waals surface area contributed by atoms with Crippen molar-refractivity contribution in [2.45, 2.75) is 45.1 Å². The summed E-state index contributed by atoms with van der Waals surface area (Å²) in [6, 6.07) is 7.88. The number of nitrogens with one attached hydrogen (secondary N) is 1. The fraction of sp³-hybridized carbons (Fsp3) is 0.579. The SMILES string of the molecule is Cc1cccc(OCCC(=O)N2CCCCC2CNC(=O)CCN)c1. The van der Waals surface area contributed by atoms with Crippen LogP contribution in [0.15, 0.2) is 24.3 Å². The second-order valence-corrected chi connectivity index (χ2v) is 6.49. The number of nitrogens with zero attached hydrogens (tertiary/aromatic N) is 1. The van der Waals surface area contributed by atoms with E-state index in [-0.39, 0.29) is 17.9 Å². The van der Waals surface area contributed by atoms with Gasteiger partial charge in [-0.25, -0.2) is 0 Å². The van der Waals surface area contributed by atoms with Gasteiger partial charge in [0.05, 0.1) is 13.0 Å². The van der Waals surface area contributed by atoms with Gasteiger partial charge in [0.25, 0.3) is 0 Å². The number of benzene rings is 1. The number of carbonyl (C=O) groups is 2. The Labute approximate surface area is 149 Å². The number of likely N-dealkylation sites (tertiary alicyclic amines) is 1. The summed E-state index contributed by atoms with van der Waals surface area (Å²) in [5.41, 5.74) is 6.52. The first-order chi connectivity index (χ1) is 12.1. The molecule has 0 aromatic heterocycles. The first kappa shape index (κ1) is 19.2. The van der Waals surface area contributed by atoms with Crippen LogP contribution in [0.3, 0.4) is 0 Å². The Morgan fingerprint density at radius 2 is 2.16 bits per heavy atom. The maximum Gasteiger partial charge on any atom is 0.226 e. The van der Waals surface area contributed by atoms with Crippen LogP contribution < -0.4 is 15.8 Å². The molecular formula is C19H29N3O3. The Balaban J connectivity index is 1.79. The van der Waals surface area contributed by atoms with Crippen LogP contribution in [0.25, 0.3) is 0 Å². The standard InChI is InChI=1S/C19H29N3O3/c1-15-5-4-7-17(13-15)25-12-9-19(24)22-11-3-2-6-16(22)14-21-18(23)8-10-20/h4-5,7,13,16H,2-3,6,8-12,14,20H2,1H3,(H,21,23). The van der Waals surface area contributed by atoms with Gasteiger partial charge in [0, 0.05) is 32.1 Å². The molecule has 0 aliphatic carbocycles. The molecule has 1 aromatic carbocycles. The fourth-order valence-corrected chi connectivity index (χ4v) is 3.10. The minimum absolute atomic E-state index is 0.0525. The van der Waals surface area contributed by atoms with Crippen molar-refractivity contribution in [3.8, 4) is 5.75 Å². The van der Waals surface area contributed by atoms with Gasteiger partial charge in [0.15, 0.2) is 0 Å². The van der Waals surface area contributed by atoms with Crippen molar-refractivity contribution >= 4 is 11.8 Å². The molecule has 0 bridgehead atoms. The third kappa shape index (κ3) is 6.38. The number of rotatable bonds is 8. The number of piperidine rings is 1. The number of hydrogen-bond donors (Lipinski definition) is 2. The zero-order chi connectivity index (χ0) is 18.1. The number of nitrogens with two attached hydrogens (primary N) is 1. The molecule has 1 aromatic rings. The molecule has 6 nitrogen and oxygen atoms in total. The zero-order valence-electron chi connectivity index (χ0n) is 15.0. The van der Waals surface area contributed by atoms with Gasteiger partial charge in [-0.05, 0) is 43.9 Å². The average molecular weight is 347 g/mol. The van der Waals surface area contributed by atoms with Crippen molar-refractivity contribution in [1.82, 2.24) is 10.2 Å². The molecule has 3 N–H and O–H groups in total. The average Bonchev–Trinajstić information content (AvgIpc) is 2.60. The fourth-order valence-electron chi connectivity index (χ4n) is 3.10. The van der Waals surface area contributed by atoms with Crippen molar-refractivity contribution in [3.63, 3.8) is 0 Å². The largest absolute Gasteiger partial charge is 0.493 e. The Morgan fingerprint density at radius 3 is 2.92 bits per heavy atom. The minimum atomic E-state index is -0.0525. The number of ether oxygens (including phenoxy) is 1. The van der Waals surface area contributed by atoms with Crippen LogP contribution >= 0.6 is 0 Å². The lowest BCUT2D eigenvalue weighted by Gasteiger charge is -2.36. The molecule has 0 spiro atoms. The topological polar surface area (TPSA) is 84.7 Å². The first-order valence-corrected chi connectivity index (χ1v) is 9.06. The van der Waals surface area contributed by atoms with Gasteiger partial charge in [0.1, 0.15) is 5.75 Å². The van der Waals surface area contributed by atoms with Gasteiger partial charge in [-0.15, -0.1) is 0 Å². The Bertz CT molecular complexity index is 577. The van der Waals surface area contributed by atoms with E-state index in [0.29, 0.717) is 32.5 Å². The van der Waals surface area contributed by atoms with E-state index in [1.54, 1.807) is 0 Å². The second kappa shape index (κ2) is 10.0. The summed E-state index contributed by atoms with van der Waals surface area (Å²) in [6.07, 6.45) is 3.69. The number of aryl methyl sites for hydroxylation is 1. The number of amides is 2. The molecule has 1 heterocycles. The molecule has 0 saturated carbocycles. The van der Waals surface area contributed by atoms with Gasteiger partial charge in [-0.2, -0.15) is 0 Å². The third-order valence-electron chi connectivity index (χ3n) is 4.43. The highest BCUT2D eigenvalue weighted by Gasteiger charge is 2.26.